The predicted octanol–water partition coefficient (Wildman–Crippen LogP) is 2.58. The van der Waals surface area contributed by atoms with Crippen LogP contribution in [0, 0.1) is 0 Å². The lowest BCUT2D eigenvalue weighted by Crippen LogP contribution is -2.39. The Morgan fingerprint density at radius 2 is 1.92 bits per heavy atom. The van der Waals surface area contributed by atoms with Crippen molar-refractivity contribution in [2.75, 3.05) is 39.0 Å². The summed E-state index contributed by atoms with van der Waals surface area (Å²) in [6.45, 7) is 10.2. The Morgan fingerprint density at radius 1 is 1.21 bits per heavy atom. The van der Waals surface area contributed by atoms with Crippen LogP contribution in [-0.4, -0.2) is 58.3 Å². The average molecular weight is 474 g/mol. The van der Waals surface area contributed by atoms with Gasteiger partial charge < -0.3 is 10.2 Å². The molecule has 0 saturated heterocycles. The fraction of sp³-hybridized carbons (Fsp3) is 0.812. The fourth-order valence-corrected chi connectivity index (χ4v) is 2.64. The molecule has 6 nitrogen and oxygen atoms in total. The number of nitrogens with zero attached hydrogens (tertiary/aromatic N) is 2. The third-order valence-electron chi connectivity index (χ3n) is 3.40. The van der Waals surface area contributed by atoms with Crippen LogP contribution in [0.4, 0.5) is 0 Å². The number of unbranched alkanes of at least 4 members (excludes halogenated alkanes) is 3. The maximum absolute atomic E-state index is 11.3. The van der Waals surface area contributed by atoms with Crippen LogP contribution in [0.1, 0.15) is 46.0 Å². The second-order valence-electron chi connectivity index (χ2n) is 5.45. The molecule has 0 aliphatic heterocycles. The van der Waals surface area contributed by atoms with Gasteiger partial charge in [-0.05, 0) is 39.5 Å². The summed E-state index contributed by atoms with van der Waals surface area (Å²) in [5.74, 6) is 1.00. The van der Waals surface area contributed by atoms with Gasteiger partial charge in [0, 0.05) is 33.2 Å². The van der Waals surface area contributed by atoms with E-state index in [4.69, 9.17) is 0 Å². The van der Waals surface area contributed by atoms with Crippen LogP contribution in [0.5, 0.6) is 0 Å². The van der Waals surface area contributed by atoms with Crippen molar-refractivity contribution in [3.05, 3.63) is 12.7 Å². The second kappa shape index (κ2) is 16.1. The van der Waals surface area contributed by atoms with Crippen molar-refractivity contribution in [1.29, 1.82) is 0 Å². The van der Waals surface area contributed by atoms with Crippen molar-refractivity contribution in [3.63, 3.8) is 0 Å². The van der Waals surface area contributed by atoms with Crippen molar-refractivity contribution in [2.45, 2.75) is 46.0 Å². The molecule has 0 aromatic carbocycles. The zero-order chi connectivity index (χ0) is 17.6. The van der Waals surface area contributed by atoms with E-state index in [2.05, 4.69) is 26.5 Å². The molecule has 0 heterocycles. The molecule has 144 valence electrons. The molecule has 0 unspecified atom stereocenters. The lowest BCUT2D eigenvalue weighted by molar-refractivity contribution is 0.455. The first-order valence-corrected chi connectivity index (χ1v) is 10.2. The van der Waals surface area contributed by atoms with Crippen LogP contribution >= 0.6 is 24.0 Å². The van der Waals surface area contributed by atoms with E-state index in [0.29, 0.717) is 19.5 Å². The Labute approximate surface area is 165 Å². The van der Waals surface area contributed by atoms with Gasteiger partial charge in [0.25, 0.3) is 0 Å². The van der Waals surface area contributed by atoms with Crippen LogP contribution in [-0.2, 0) is 10.0 Å². The standard InChI is InChI=1S/C16H34N4O2S.HI/c1-5-8-9-10-11-15-20(4)16(17-6-2)18-13-12-14-19-23(21,22)7-3;/h5,19H,1,6-15H2,2-4H3,(H,17,18);1H. The molecule has 0 aromatic heterocycles. The molecule has 0 spiro atoms. The first-order chi connectivity index (χ1) is 11.0. The molecule has 0 rings (SSSR count). The van der Waals surface area contributed by atoms with Crippen molar-refractivity contribution < 1.29 is 8.42 Å². The molecule has 0 aromatic rings. The highest BCUT2D eigenvalue weighted by Gasteiger charge is 2.06. The molecule has 0 atom stereocenters. The van der Waals surface area contributed by atoms with Gasteiger partial charge in [0.1, 0.15) is 0 Å². The monoisotopic (exact) mass is 474 g/mol. The zero-order valence-electron chi connectivity index (χ0n) is 15.4. The highest BCUT2D eigenvalue weighted by atomic mass is 127. The number of guanidine groups is 1. The van der Waals surface area contributed by atoms with Crippen LogP contribution < -0.4 is 10.0 Å². The summed E-state index contributed by atoms with van der Waals surface area (Å²) in [5.41, 5.74) is 0. The minimum Gasteiger partial charge on any atom is -0.357 e. The minimum atomic E-state index is -3.10. The molecule has 0 aliphatic rings. The van der Waals surface area contributed by atoms with Gasteiger partial charge in [-0.1, -0.05) is 12.5 Å². The van der Waals surface area contributed by atoms with Gasteiger partial charge in [-0.25, -0.2) is 13.1 Å². The van der Waals surface area contributed by atoms with E-state index in [0.717, 1.165) is 31.9 Å². The fourth-order valence-electron chi connectivity index (χ4n) is 1.98. The van der Waals surface area contributed by atoms with Crippen molar-refractivity contribution in [3.8, 4) is 0 Å². The summed E-state index contributed by atoms with van der Waals surface area (Å²) in [5, 5.41) is 3.27. The van der Waals surface area contributed by atoms with Crippen LogP contribution in [0.2, 0.25) is 0 Å². The largest absolute Gasteiger partial charge is 0.357 e. The highest BCUT2D eigenvalue weighted by molar-refractivity contribution is 14.0. The van der Waals surface area contributed by atoms with Gasteiger partial charge in [0.2, 0.25) is 10.0 Å². The maximum atomic E-state index is 11.3. The van der Waals surface area contributed by atoms with E-state index in [-0.39, 0.29) is 29.7 Å². The topological polar surface area (TPSA) is 73.8 Å². The third-order valence-corrected chi connectivity index (χ3v) is 4.80. The molecule has 24 heavy (non-hydrogen) atoms. The summed E-state index contributed by atoms with van der Waals surface area (Å²) in [6.07, 6.45) is 7.23. The van der Waals surface area contributed by atoms with Crippen LogP contribution in [0.15, 0.2) is 17.6 Å². The number of hydrogen-bond acceptors (Lipinski definition) is 3. The van der Waals surface area contributed by atoms with Crippen LogP contribution in [0.25, 0.3) is 0 Å². The van der Waals surface area contributed by atoms with E-state index >= 15 is 0 Å². The van der Waals surface area contributed by atoms with Gasteiger partial charge >= 0.3 is 0 Å². The summed E-state index contributed by atoms with van der Waals surface area (Å²) < 4.78 is 25.2. The van der Waals surface area contributed by atoms with Gasteiger partial charge in [-0.15, -0.1) is 30.6 Å². The number of aliphatic imine (C=N–C) groups is 1. The molecular formula is C16H35IN4O2S. The lowest BCUT2D eigenvalue weighted by Gasteiger charge is -2.22. The first-order valence-electron chi connectivity index (χ1n) is 8.54. The Balaban J connectivity index is 0. The number of halogens is 1. The molecular weight excluding hydrogens is 439 g/mol. The summed E-state index contributed by atoms with van der Waals surface area (Å²) >= 11 is 0. The SMILES string of the molecule is C=CCCCCCN(C)C(=NCCCNS(=O)(=O)CC)NCC.I. The van der Waals surface area contributed by atoms with E-state index < -0.39 is 10.0 Å². The Kier molecular flexibility index (Phi) is 17.4. The number of nitrogens with one attached hydrogen (secondary N) is 2. The van der Waals surface area contributed by atoms with Crippen molar-refractivity contribution in [2.24, 2.45) is 4.99 Å². The van der Waals surface area contributed by atoms with E-state index in [1.165, 1.54) is 12.8 Å². The lowest BCUT2D eigenvalue weighted by atomic mass is 10.2. The van der Waals surface area contributed by atoms with E-state index in [1.807, 2.05) is 20.0 Å². The third kappa shape index (κ3) is 14.0. The van der Waals surface area contributed by atoms with Crippen molar-refractivity contribution >= 4 is 40.0 Å². The minimum absolute atomic E-state index is 0. The molecule has 0 radical (unpaired) electrons. The predicted molar refractivity (Wildman–Crippen MR) is 115 cm³/mol. The Bertz CT molecular complexity index is 441. The highest BCUT2D eigenvalue weighted by Crippen LogP contribution is 2.01. The summed E-state index contributed by atoms with van der Waals surface area (Å²) in [7, 11) is -1.06. The molecule has 0 aliphatic carbocycles. The van der Waals surface area contributed by atoms with E-state index in [1.54, 1.807) is 6.92 Å². The Hall–Kier alpha value is -0.350. The second-order valence-corrected chi connectivity index (χ2v) is 7.54. The van der Waals surface area contributed by atoms with Crippen LogP contribution in [0.3, 0.4) is 0 Å². The first kappa shape index (κ1) is 25.9. The molecule has 0 bridgehead atoms. The maximum Gasteiger partial charge on any atom is 0.211 e. The van der Waals surface area contributed by atoms with Crippen molar-refractivity contribution in [1.82, 2.24) is 14.9 Å². The molecule has 2 N–H and O–H groups in total. The summed E-state index contributed by atoms with van der Waals surface area (Å²) in [6, 6.07) is 0. The number of sulfonamides is 1. The molecule has 0 amide bonds. The van der Waals surface area contributed by atoms with Gasteiger partial charge in [0.15, 0.2) is 5.96 Å². The number of hydrogen-bond donors (Lipinski definition) is 2. The quantitative estimate of drug-likeness (QED) is 0.142. The Morgan fingerprint density at radius 3 is 2.50 bits per heavy atom. The van der Waals surface area contributed by atoms with Gasteiger partial charge in [-0.2, -0.15) is 0 Å². The average Bonchev–Trinajstić information content (AvgIpc) is 2.53. The van der Waals surface area contributed by atoms with Gasteiger partial charge in [0.05, 0.1) is 5.75 Å². The zero-order valence-corrected chi connectivity index (χ0v) is 18.5. The number of rotatable bonds is 13. The molecule has 0 saturated carbocycles. The smallest absolute Gasteiger partial charge is 0.211 e. The summed E-state index contributed by atoms with van der Waals surface area (Å²) in [4.78, 5) is 6.69. The number of allylic oxidation sites excluding steroid dienone is 1. The molecule has 8 heteroatoms. The van der Waals surface area contributed by atoms with Gasteiger partial charge in [-0.3, -0.25) is 4.99 Å². The van der Waals surface area contributed by atoms with E-state index in [9.17, 15) is 8.42 Å². The normalized spacial score (nSPS) is 11.7. The molecule has 0 fully saturated rings.